The highest BCUT2D eigenvalue weighted by Gasteiger charge is 2.37. The van der Waals surface area contributed by atoms with E-state index in [2.05, 4.69) is 19.2 Å². The van der Waals surface area contributed by atoms with Crippen molar-refractivity contribution >= 4 is 20.6 Å². The van der Waals surface area contributed by atoms with Gasteiger partial charge in [0.05, 0.1) is 11.0 Å². The molecule has 108 valence electrons. The number of hydrogen-bond donors (Lipinski definition) is 1. The Morgan fingerprint density at radius 1 is 1.39 bits per heavy atom. The lowest BCUT2D eigenvalue weighted by Gasteiger charge is -2.40. The van der Waals surface area contributed by atoms with E-state index in [1.54, 1.807) is 0 Å². The lowest BCUT2D eigenvalue weighted by molar-refractivity contribution is 0.216. The zero-order chi connectivity index (χ0) is 14.0. The summed E-state index contributed by atoms with van der Waals surface area (Å²) in [6, 6.07) is 0.249. The molecule has 1 aliphatic rings. The van der Waals surface area contributed by atoms with E-state index in [-0.39, 0.29) is 28.2 Å². The summed E-state index contributed by atoms with van der Waals surface area (Å²) in [6.07, 6.45) is 4.23. The van der Waals surface area contributed by atoms with Gasteiger partial charge in [0.25, 0.3) is 0 Å². The maximum absolute atomic E-state index is 12.3. The second-order valence-corrected chi connectivity index (χ2v) is 10.1. The van der Waals surface area contributed by atoms with E-state index in [0.29, 0.717) is 0 Å². The van der Waals surface area contributed by atoms with Crippen molar-refractivity contribution < 1.29 is 12.6 Å². The van der Waals surface area contributed by atoms with Crippen LogP contribution in [0, 0.1) is 5.41 Å². The minimum atomic E-state index is -3.02. The average Bonchev–Trinajstić information content (AvgIpc) is 2.24. The number of nitrogens with one attached hydrogen (secondary N) is 1. The first kappa shape index (κ1) is 16.1. The Kier molecular flexibility index (Phi) is 5.38. The quantitative estimate of drug-likeness (QED) is 0.820. The Morgan fingerprint density at radius 2 is 2.00 bits per heavy atom. The van der Waals surface area contributed by atoms with Crippen molar-refractivity contribution in [3.8, 4) is 0 Å². The molecule has 0 aromatic rings. The van der Waals surface area contributed by atoms with Gasteiger partial charge in [-0.2, -0.15) is 0 Å². The van der Waals surface area contributed by atoms with Crippen LogP contribution in [0.15, 0.2) is 0 Å². The lowest BCUT2D eigenvalue weighted by atomic mass is 9.75. The predicted octanol–water partition coefficient (Wildman–Crippen LogP) is 0.946. The summed E-state index contributed by atoms with van der Waals surface area (Å²) in [4.78, 5) is 0. The summed E-state index contributed by atoms with van der Waals surface area (Å²) in [5.74, 6) is 0.282. The molecular formula is C12H25NO3S2. The van der Waals surface area contributed by atoms with Crippen molar-refractivity contribution in [1.82, 2.24) is 5.32 Å². The first-order valence-electron chi connectivity index (χ1n) is 6.37. The van der Waals surface area contributed by atoms with Gasteiger partial charge in [-0.3, -0.25) is 4.21 Å². The zero-order valence-electron chi connectivity index (χ0n) is 11.7. The second-order valence-electron chi connectivity index (χ2n) is 6.06. The SMILES string of the molecule is CNC1CCC(C)(C)CC1S(=O)CCS(C)(=O)=O. The Hall–Kier alpha value is 0.0600. The highest BCUT2D eigenvalue weighted by atomic mass is 32.2. The molecule has 1 N–H and O–H groups in total. The molecule has 0 amide bonds. The minimum absolute atomic E-state index is 0.0208. The highest BCUT2D eigenvalue weighted by molar-refractivity contribution is 7.92. The maximum Gasteiger partial charge on any atom is 0.148 e. The standard InChI is InChI=1S/C12H25NO3S2/c1-12(2)6-5-10(13-3)11(9-12)17(14)7-8-18(4,15)16/h10-11,13H,5-9H2,1-4H3. The Bertz CT molecular complexity index is 404. The van der Waals surface area contributed by atoms with Gasteiger partial charge in [-0.05, 0) is 31.7 Å². The van der Waals surface area contributed by atoms with Gasteiger partial charge in [-0.1, -0.05) is 13.8 Å². The monoisotopic (exact) mass is 295 g/mol. The van der Waals surface area contributed by atoms with Crippen molar-refractivity contribution in [3.63, 3.8) is 0 Å². The van der Waals surface area contributed by atoms with E-state index in [9.17, 15) is 12.6 Å². The van der Waals surface area contributed by atoms with E-state index >= 15 is 0 Å². The average molecular weight is 295 g/mol. The normalized spacial score (nSPS) is 30.0. The molecule has 1 rings (SSSR count). The summed E-state index contributed by atoms with van der Waals surface area (Å²) < 4.78 is 34.6. The molecule has 18 heavy (non-hydrogen) atoms. The smallest absolute Gasteiger partial charge is 0.148 e. The fraction of sp³-hybridized carbons (Fsp3) is 1.00. The van der Waals surface area contributed by atoms with Crippen LogP contribution in [-0.2, 0) is 20.6 Å². The fourth-order valence-electron chi connectivity index (χ4n) is 2.51. The maximum atomic E-state index is 12.3. The van der Waals surface area contributed by atoms with Crippen LogP contribution < -0.4 is 5.32 Å². The van der Waals surface area contributed by atoms with E-state index in [1.165, 1.54) is 6.26 Å². The van der Waals surface area contributed by atoms with Crippen molar-refractivity contribution in [3.05, 3.63) is 0 Å². The number of sulfone groups is 1. The summed E-state index contributed by atoms with van der Waals surface area (Å²) in [5.41, 5.74) is 0.207. The van der Waals surface area contributed by atoms with Gasteiger partial charge < -0.3 is 5.32 Å². The molecule has 1 saturated carbocycles. The third-order valence-corrected chi connectivity index (χ3v) is 6.68. The molecule has 0 saturated heterocycles. The van der Waals surface area contributed by atoms with Crippen LogP contribution in [0.5, 0.6) is 0 Å². The lowest BCUT2D eigenvalue weighted by Crippen LogP contribution is -2.47. The first-order valence-corrected chi connectivity index (χ1v) is 9.81. The molecule has 0 bridgehead atoms. The largest absolute Gasteiger partial charge is 0.316 e. The third-order valence-electron chi connectivity index (χ3n) is 3.70. The topological polar surface area (TPSA) is 63.2 Å². The van der Waals surface area contributed by atoms with Gasteiger partial charge in [0.1, 0.15) is 9.84 Å². The molecule has 0 aliphatic heterocycles. The molecule has 3 unspecified atom stereocenters. The van der Waals surface area contributed by atoms with Crippen molar-refractivity contribution in [2.75, 3.05) is 24.8 Å². The van der Waals surface area contributed by atoms with Crippen LogP contribution in [-0.4, -0.2) is 48.7 Å². The van der Waals surface area contributed by atoms with Crippen molar-refractivity contribution in [2.24, 2.45) is 5.41 Å². The Balaban J connectivity index is 2.68. The molecule has 0 aromatic heterocycles. The molecule has 6 heteroatoms. The van der Waals surface area contributed by atoms with Gasteiger partial charge in [-0.15, -0.1) is 0 Å². The number of hydrogen-bond acceptors (Lipinski definition) is 4. The summed E-state index contributed by atoms with van der Waals surface area (Å²) in [7, 11) is -2.20. The van der Waals surface area contributed by atoms with Gasteiger partial charge in [0, 0.05) is 28.9 Å². The molecule has 0 spiro atoms. The van der Waals surface area contributed by atoms with E-state index in [1.807, 2.05) is 7.05 Å². The summed E-state index contributed by atoms with van der Waals surface area (Å²) in [6.45, 7) is 4.39. The van der Waals surface area contributed by atoms with Crippen LogP contribution in [0.25, 0.3) is 0 Å². The highest BCUT2D eigenvalue weighted by Crippen LogP contribution is 2.37. The van der Waals surface area contributed by atoms with Crippen molar-refractivity contribution in [2.45, 2.75) is 44.4 Å². The summed E-state index contributed by atoms with van der Waals surface area (Å²) >= 11 is 0. The Morgan fingerprint density at radius 3 is 2.50 bits per heavy atom. The summed E-state index contributed by atoms with van der Waals surface area (Å²) in [5, 5.41) is 3.30. The van der Waals surface area contributed by atoms with Gasteiger partial charge in [-0.25, -0.2) is 8.42 Å². The van der Waals surface area contributed by atoms with Gasteiger partial charge in [0.2, 0.25) is 0 Å². The Labute approximate surface area is 113 Å². The van der Waals surface area contributed by atoms with Crippen LogP contribution in [0.3, 0.4) is 0 Å². The number of rotatable bonds is 5. The fourth-order valence-corrected chi connectivity index (χ4v) is 5.96. The van der Waals surface area contributed by atoms with Crippen LogP contribution in [0.1, 0.15) is 33.1 Å². The van der Waals surface area contributed by atoms with Crippen LogP contribution >= 0.6 is 0 Å². The second kappa shape index (κ2) is 6.01. The molecular weight excluding hydrogens is 270 g/mol. The predicted molar refractivity (Wildman–Crippen MR) is 77.0 cm³/mol. The van der Waals surface area contributed by atoms with Gasteiger partial charge in [0.15, 0.2) is 0 Å². The molecule has 4 nitrogen and oxygen atoms in total. The van der Waals surface area contributed by atoms with Crippen molar-refractivity contribution in [1.29, 1.82) is 0 Å². The molecule has 0 aromatic carbocycles. The minimum Gasteiger partial charge on any atom is -0.316 e. The third kappa shape index (κ3) is 4.97. The molecule has 0 heterocycles. The van der Waals surface area contributed by atoms with Crippen LogP contribution in [0.2, 0.25) is 0 Å². The molecule has 1 aliphatic carbocycles. The van der Waals surface area contributed by atoms with E-state index < -0.39 is 20.6 Å². The first-order chi connectivity index (χ1) is 8.14. The molecule has 0 radical (unpaired) electrons. The molecule has 3 atom stereocenters. The van der Waals surface area contributed by atoms with E-state index in [4.69, 9.17) is 0 Å². The molecule has 1 fully saturated rings. The zero-order valence-corrected chi connectivity index (χ0v) is 13.4. The van der Waals surface area contributed by atoms with Crippen LogP contribution in [0.4, 0.5) is 0 Å². The van der Waals surface area contributed by atoms with E-state index in [0.717, 1.165) is 19.3 Å². The van der Waals surface area contributed by atoms with Gasteiger partial charge >= 0.3 is 0 Å².